The SMILES string of the molecule is COCCNC(=NCc1nnc(C)n1C)N1CCN(c2ccc(OC)cc2)CC1.I. The smallest absolute Gasteiger partial charge is 0.194 e. The molecule has 1 aliphatic rings. The molecule has 0 bridgehead atoms. The molecule has 1 aliphatic heterocycles. The summed E-state index contributed by atoms with van der Waals surface area (Å²) in [5.41, 5.74) is 1.21. The molecule has 0 unspecified atom stereocenters. The summed E-state index contributed by atoms with van der Waals surface area (Å²) in [5.74, 6) is 3.50. The first kappa shape index (κ1) is 24.2. The van der Waals surface area contributed by atoms with E-state index in [-0.39, 0.29) is 24.0 Å². The summed E-state index contributed by atoms with van der Waals surface area (Å²) in [6, 6.07) is 8.22. The lowest BCUT2D eigenvalue weighted by Gasteiger charge is -2.37. The van der Waals surface area contributed by atoms with Crippen LogP contribution in [-0.4, -0.2) is 79.2 Å². The molecule has 1 aromatic heterocycles. The number of aromatic nitrogens is 3. The van der Waals surface area contributed by atoms with Gasteiger partial charge in [-0.15, -0.1) is 34.2 Å². The van der Waals surface area contributed by atoms with Gasteiger partial charge in [0.25, 0.3) is 0 Å². The lowest BCUT2D eigenvalue weighted by molar-refractivity contribution is 0.202. The highest BCUT2D eigenvalue weighted by atomic mass is 127. The molecule has 166 valence electrons. The first-order valence-electron chi connectivity index (χ1n) is 9.88. The molecule has 0 saturated carbocycles. The van der Waals surface area contributed by atoms with Crippen molar-refractivity contribution in [1.29, 1.82) is 0 Å². The zero-order chi connectivity index (χ0) is 20.6. The summed E-state index contributed by atoms with van der Waals surface area (Å²) in [6.45, 7) is 7.42. The van der Waals surface area contributed by atoms with Gasteiger partial charge in [-0.05, 0) is 31.2 Å². The molecule has 2 heterocycles. The van der Waals surface area contributed by atoms with Crippen molar-refractivity contribution in [2.45, 2.75) is 13.5 Å². The predicted molar refractivity (Wildman–Crippen MR) is 129 cm³/mol. The quantitative estimate of drug-likeness (QED) is 0.253. The van der Waals surface area contributed by atoms with Crippen LogP contribution in [0.4, 0.5) is 5.69 Å². The number of anilines is 1. The number of guanidine groups is 1. The maximum absolute atomic E-state index is 5.25. The Balaban J connectivity index is 0.00000320. The Morgan fingerprint density at radius 1 is 1.10 bits per heavy atom. The Bertz CT molecular complexity index is 802. The maximum atomic E-state index is 5.25. The van der Waals surface area contributed by atoms with E-state index in [1.54, 1.807) is 14.2 Å². The van der Waals surface area contributed by atoms with Gasteiger partial charge < -0.3 is 29.2 Å². The Morgan fingerprint density at radius 3 is 2.37 bits per heavy atom. The number of nitrogens with one attached hydrogen (secondary N) is 1. The standard InChI is InChI=1S/C20H31N7O2.HI/c1-16-23-24-19(25(16)2)15-22-20(21-9-14-28-3)27-12-10-26(11-13-27)17-5-7-18(29-4)8-6-17;/h5-8H,9-15H2,1-4H3,(H,21,22);1H. The Hall–Kier alpha value is -2.08. The van der Waals surface area contributed by atoms with E-state index in [4.69, 9.17) is 14.5 Å². The van der Waals surface area contributed by atoms with E-state index in [9.17, 15) is 0 Å². The lowest BCUT2D eigenvalue weighted by Crippen LogP contribution is -2.53. The van der Waals surface area contributed by atoms with Crippen molar-refractivity contribution < 1.29 is 9.47 Å². The monoisotopic (exact) mass is 529 g/mol. The minimum Gasteiger partial charge on any atom is -0.497 e. The Labute approximate surface area is 195 Å². The largest absolute Gasteiger partial charge is 0.497 e. The zero-order valence-corrected chi connectivity index (χ0v) is 20.5. The molecule has 0 aliphatic carbocycles. The molecular formula is C20H32IN7O2. The average Bonchev–Trinajstić information content (AvgIpc) is 3.08. The Kier molecular flexibility index (Phi) is 9.63. The molecule has 9 nitrogen and oxygen atoms in total. The Morgan fingerprint density at radius 2 is 1.80 bits per heavy atom. The summed E-state index contributed by atoms with van der Waals surface area (Å²) in [6.07, 6.45) is 0. The van der Waals surface area contributed by atoms with Crippen LogP contribution in [0.2, 0.25) is 0 Å². The number of methoxy groups -OCH3 is 2. The van der Waals surface area contributed by atoms with Crippen LogP contribution in [0.1, 0.15) is 11.6 Å². The highest BCUT2D eigenvalue weighted by Gasteiger charge is 2.20. The van der Waals surface area contributed by atoms with Crippen LogP contribution >= 0.6 is 24.0 Å². The summed E-state index contributed by atoms with van der Waals surface area (Å²) in [5, 5.41) is 11.7. The number of halogens is 1. The number of aliphatic imine (C=N–C) groups is 1. The van der Waals surface area contributed by atoms with Gasteiger partial charge in [-0.25, -0.2) is 4.99 Å². The first-order chi connectivity index (χ1) is 14.1. The van der Waals surface area contributed by atoms with Gasteiger partial charge in [0.1, 0.15) is 18.1 Å². The molecule has 10 heteroatoms. The first-order valence-corrected chi connectivity index (χ1v) is 9.88. The summed E-state index contributed by atoms with van der Waals surface area (Å²) >= 11 is 0. The van der Waals surface area contributed by atoms with Gasteiger partial charge in [0.15, 0.2) is 11.8 Å². The molecule has 1 N–H and O–H groups in total. The molecule has 1 aromatic carbocycles. The fourth-order valence-corrected chi connectivity index (χ4v) is 3.24. The number of nitrogens with zero attached hydrogens (tertiary/aromatic N) is 6. The lowest BCUT2D eigenvalue weighted by atomic mass is 10.2. The predicted octanol–water partition coefficient (Wildman–Crippen LogP) is 1.66. The van der Waals surface area contributed by atoms with Crippen LogP contribution in [0, 0.1) is 6.92 Å². The van der Waals surface area contributed by atoms with E-state index >= 15 is 0 Å². The van der Waals surface area contributed by atoms with Gasteiger partial charge in [-0.2, -0.15) is 0 Å². The van der Waals surface area contributed by atoms with Gasteiger partial charge >= 0.3 is 0 Å². The van der Waals surface area contributed by atoms with Crippen LogP contribution in [0.25, 0.3) is 0 Å². The number of hydrogen-bond donors (Lipinski definition) is 1. The molecule has 2 aromatic rings. The van der Waals surface area contributed by atoms with Crippen molar-refractivity contribution in [3.05, 3.63) is 35.9 Å². The van der Waals surface area contributed by atoms with E-state index in [0.29, 0.717) is 19.7 Å². The number of rotatable bonds is 7. The van der Waals surface area contributed by atoms with E-state index < -0.39 is 0 Å². The number of aryl methyl sites for hydroxylation is 1. The van der Waals surface area contributed by atoms with E-state index in [1.165, 1.54) is 5.69 Å². The van der Waals surface area contributed by atoms with Crippen LogP contribution in [0.5, 0.6) is 5.75 Å². The summed E-state index contributed by atoms with van der Waals surface area (Å²) < 4.78 is 12.4. The van der Waals surface area contributed by atoms with Crippen LogP contribution in [0.15, 0.2) is 29.3 Å². The van der Waals surface area contributed by atoms with Gasteiger partial charge in [-0.3, -0.25) is 0 Å². The van der Waals surface area contributed by atoms with Crippen molar-refractivity contribution in [3.8, 4) is 5.75 Å². The fraction of sp³-hybridized carbons (Fsp3) is 0.550. The van der Waals surface area contributed by atoms with E-state index in [2.05, 4.69) is 37.4 Å². The molecular weight excluding hydrogens is 497 g/mol. The van der Waals surface area contributed by atoms with Crippen molar-refractivity contribution in [2.24, 2.45) is 12.0 Å². The minimum atomic E-state index is 0. The number of hydrogen-bond acceptors (Lipinski definition) is 6. The molecule has 0 spiro atoms. The minimum absolute atomic E-state index is 0. The van der Waals surface area contributed by atoms with Gasteiger partial charge in [0.05, 0.1) is 13.7 Å². The molecule has 0 amide bonds. The topological polar surface area (TPSA) is 80.0 Å². The zero-order valence-electron chi connectivity index (χ0n) is 18.2. The van der Waals surface area contributed by atoms with Crippen molar-refractivity contribution in [3.63, 3.8) is 0 Å². The third-order valence-electron chi connectivity index (χ3n) is 5.16. The van der Waals surface area contributed by atoms with Gasteiger partial charge in [0.2, 0.25) is 0 Å². The molecule has 0 atom stereocenters. The van der Waals surface area contributed by atoms with Crippen molar-refractivity contribution in [2.75, 3.05) is 58.5 Å². The average molecular weight is 529 g/mol. The van der Waals surface area contributed by atoms with E-state index in [0.717, 1.165) is 49.5 Å². The summed E-state index contributed by atoms with van der Waals surface area (Å²) in [4.78, 5) is 9.48. The number of ether oxygens (including phenoxy) is 2. The summed E-state index contributed by atoms with van der Waals surface area (Å²) in [7, 11) is 5.36. The van der Waals surface area contributed by atoms with Gasteiger partial charge in [-0.1, -0.05) is 0 Å². The third-order valence-corrected chi connectivity index (χ3v) is 5.16. The maximum Gasteiger partial charge on any atom is 0.194 e. The van der Waals surface area contributed by atoms with Crippen LogP contribution in [-0.2, 0) is 18.3 Å². The second-order valence-electron chi connectivity index (χ2n) is 6.95. The molecule has 0 radical (unpaired) electrons. The number of benzene rings is 1. The molecule has 1 saturated heterocycles. The third kappa shape index (κ3) is 6.21. The highest BCUT2D eigenvalue weighted by Crippen LogP contribution is 2.20. The normalized spacial score (nSPS) is 14.5. The van der Waals surface area contributed by atoms with E-state index in [1.807, 2.05) is 30.7 Å². The molecule has 30 heavy (non-hydrogen) atoms. The van der Waals surface area contributed by atoms with Crippen molar-refractivity contribution >= 4 is 35.6 Å². The van der Waals surface area contributed by atoms with Crippen LogP contribution < -0.4 is 15.0 Å². The fourth-order valence-electron chi connectivity index (χ4n) is 3.24. The second kappa shape index (κ2) is 11.9. The molecule has 1 fully saturated rings. The van der Waals surface area contributed by atoms with Crippen LogP contribution in [0.3, 0.4) is 0 Å². The highest BCUT2D eigenvalue weighted by molar-refractivity contribution is 14.0. The molecule has 3 rings (SSSR count). The van der Waals surface area contributed by atoms with Gasteiger partial charge in [0, 0.05) is 52.6 Å². The van der Waals surface area contributed by atoms with Crippen molar-refractivity contribution in [1.82, 2.24) is 25.0 Å². The second-order valence-corrected chi connectivity index (χ2v) is 6.95. The number of piperazine rings is 1.